The summed E-state index contributed by atoms with van der Waals surface area (Å²) in [6.07, 6.45) is 8.28. The van der Waals surface area contributed by atoms with Crippen LogP contribution in [0.1, 0.15) is 62.2 Å². The second kappa shape index (κ2) is 7.17. The highest BCUT2D eigenvalue weighted by Gasteiger charge is 2.22. The highest BCUT2D eigenvalue weighted by Crippen LogP contribution is 2.36. The van der Waals surface area contributed by atoms with Crippen LogP contribution in [0, 0.1) is 0 Å². The van der Waals surface area contributed by atoms with Crippen molar-refractivity contribution in [2.75, 3.05) is 5.32 Å². The van der Waals surface area contributed by atoms with Crippen molar-refractivity contribution in [1.29, 1.82) is 0 Å². The van der Waals surface area contributed by atoms with Gasteiger partial charge in [-0.05, 0) is 37.5 Å². The van der Waals surface area contributed by atoms with Crippen LogP contribution in [0.15, 0.2) is 35.4 Å². The Morgan fingerprint density at radius 2 is 1.84 bits per heavy atom. The number of nitrogens with zero attached hydrogens (tertiary/aromatic N) is 2. The molecule has 1 saturated carbocycles. The molecular weight excluding hydrogens is 336 g/mol. The first-order valence-electron chi connectivity index (χ1n) is 8.77. The first-order valence-corrected chi connectivity index (χ1v) is 10.3. The average molecular weight is 362 g/mol. The van der Waals surface area contributed by atoms with E-state index >= 15 is 0 Å². The third kappa shape index (κ3) is 4.22. The van der Waals surface area contributed by atoms with Crippen LogP contribution in [-0.4, -0.2) is 18.2 Å². The van der Waals surface area contributed by atoms with Gasteiger partial charge in [-0.25, -0.2) is 13.6 Å². The standard InChI is InChI=1S/C18H26N4O2S/c1-13(14-8-10-16(11-9-14)25(19,23)24)20-17-12-22(2)21-18(17)15-6-4-3-5-7-15/h8-13,15,20H,3-7H2,1-2H3,(H2,19,23,24). The summed E-state index contributed by atoms with van der Waals surface area (Å²) in [5.74, 6) is 0.523. The lowest BCUT2D eigenvalue weighted by molar-refractivity contribution is 0.434. The number of hydrogen-bond donors (Lipinski definition) is 2. The summed E-state index contributed by atoms with van der Waals surface area (Å²) in [5, 5.41) is 13.4. The van der Waals surface area contributed by atoms with Gasteiger partial charge in [0.25, 0.3) is 0 Å². The average Bonchev–Trinajstić information content (AvgIpc) is 2.95. The van der Waals surface area contributed by atoms with Crippen LogP contribution in [0.2, 0.25) is 0 Å². The maximum atomic E-state index is 11.4. The van der Waals surface area contributed by atoms with Crippen molar-refractivity contribution in [1.82, 2.24) is 9.78 Å². The predicted molar refractivity (Wildman–Crippen MR) is 98.9 cm³/mol. The quantitative estimate of drug-likeness (QED) is 0.854. The van der Waals surface area contributed by atoms with Crippen molar-refractivity contribution in [3.8, 4) is 0 Å². The molecule has 0 radical (unpaired) electrons. The molecule has 136 valence electrons. The number of benzene rings is 1. The fraction of sp³-hybridized carbons (Fsp3) is 0.500. The number of nitrogens with one attached hydrogen (secondary N) is 1. The highest BCUT2D eigenvalue weighted by molar-refractivity contribution is 7.89. The SMILES string of the molecule is CC(Nc1cn(C)nc1C1CCCCC1)c1ccc(S(N)(=O)=O)cc1. The third-order valence-electron chi connectivity index (χ3n) is 4.93. The van der Waals surface area contributed by atoms with E-state index in [4.69, 9.17) is 5.14 Å². The van der Waals surface area contributed by atoms with Crippen molar-refractivity contribution in [2.24, 2.45) is 12.2 Å². The van der Waals surface area contributed by atoms with Gasteiger partial charge >= 0.3 is 0 Å². The van der Waals surface area contributed by atoms with Gasteiger partial charge in [-0.1, -0.05) is 31.4 Å². The van der Waals surface area contributed by atoms with E-state index in [0.29, 0.717) is 5.92 Å². The molecular formula is C18H26N4O2S. The highest BCUT2D eigenvalue weighted by atomic mass is 32.2. The Morgan fingerprint density at radius 3 is 2.44 bits per heavy atom. The minimum atomic E-state index is -3.66. The Hall–Kier alpha value is -1.86. The van der Waals surface area contributed by atoms with Crippen molar-refractivity contribution in [3.63, 3.8) is 0 Å². The molecule has 0 bridgehead atoms. The largest absolute Gasteiger partial charge is 0.376 e. The van der Waals surface area contributed by atoms with E-state index in [0.717, 1.165) is 16.9 Å². The van der Waals surface area contributed by atoms with Crippen molar-refractivity contribution < 1.29 is 8.42 Å². The van der Waals surface area contributed by atoms with Crippen molar-refractivity contribution in [3.05, 3.63) is 41.7 Å². The normalized spacial score (nSPS) is 17.4. The van der Waals surface area contributed by atoms with Gasteiger partial charge in [0.05, 0.1) is 16.3 Å². The predicted octanol–water partition coefficient (Wildman–Crippen LogP) is 3.29. The molecule has 3 N–H and O–H groups in total. The van der Waals surface area contributed by atoms with Crippen LogP contribution in [0.3, 0.4) is 0 Å². The number of sulfonamides is 1. The minimum Gasteiger partial charge on any atom is -0.376 e. The molecule has 1 aromatic carbocycles. The second-order valence-electron chi connectivity index (χ2n) is 6.92. The number of nitrogens with two attached hydrogens (primary N) is 1. The Kier molecular flexibility index (Phi) is 5.15. The summed E-state index contributed by atoms with van der Waals surface area (Å²) < 4.78 is 24.6. The molecule has 7 heteroatoms. The van der Waals surface area contributed by atoms with Gasteiger partial charge in [0.2, 0.25) is 10.0 Å². The lowest BCUT2D eigenvalue weighted by Gasteiger charge is -2.22. The van der Waals surface area contributed by atoms with Crippen LogP contribution < -0.4 is 10.5 Å². The molecule has 1 heterocycles. The summed E-state index contributed by atoms with van der Waals surface area (Å²) >= 11 is 0. The van der Waals surface area contributed by atoms with Crippen LogP contribution >= 0.6 is 0 Å². The molecule has 1 aliphatic carbocycles. The maximum absolute atomic E-state index is 11.4. The summed E-state index contributed by atoms with van der Waals surface area (Å²) in [4.78, 5) is 0.132. The topological polar surface area (TPSA) is 90.0 Å². The van der Waals surface area contributed by atoms with Gasteiger partial charge in [-0.15, -0.1) is 0 Å². The first-order chi connectivity index (χ1) is 11.8. The van der Waals surface area contributed by atoms with E-state index in [9.17, 15) is 8.42 Å². The number of hydrogen-bond acceptors (Lipinski definition) is 4. The van der Waals surface area contributed by atoms with Crippen LogP contribution in [0.4, 0.5) is 5.69 Å². The van der Waals surface area contributed by atoms with E-state index in [1.165, 1.54) is 32.1 Å². The molecule has 0 spiro atoms. The van der Waals surface area contributed by atoms with Gasteiger partial charge in [0.15, 0.2) is 0 Å². The van der Waals surface area contributed by atoms with Crippen molar-refractivity contribution in [2.45, 2.75) is 55.9 Å². The Morgan fingerprint density at radius 1 is 1.20 bits per heavy atom. The fourth-order valence-corrected chi connectivity index (χ4v) is 4.07. The van der Waals surface area contributed by atoms with Gasteiger partial charge < -0.3 is 5.32 Å². The second-order valence-corrected chi connectivity index (χ2v) is 8.48. The Balaban J connectivity index is 1.77. The zero-order valence-corrected chi connectivity index (χ0v) is 15.6. The van der Waals surface area contributed by atoms with E-state index in [-0.39, 0.29) is 10.9 Å². The molecule has 6 nitrogen and oxygen atoms in total. The van der Waals surface area contributed by atoms with E-state index in [2.05, 4.69) is 17.3 Å². The van der Waals surface area contributed by atoms with Crippen molar-refractivity contribution >= 4 is 15.7 Å². The number of primary sulfonamides is 1. The fourth-order valence-electron chi connectivity index (χ4n) is 3.56. The summed E-state index contributed by atoms with van der Waals surface area (Å²) in [5.41, 5.74) is 3.22. The summed E-state index contributed by atoms with van der Waals surface area (Å²) in [7, 11) is -1.71. The number of aryl methyl sites for hydroxylation is 1. The molecule has 0 saturated heterocycles. The monoisotopic (exact) mass is 362 g/mol. The van der Waals surface area contributed by atoms with Gasteiger partial charge in [-0.3, -0.25) is 4.68 Å². The van der Waals surface area contributed by atoms with Crippen LogP contribution in [0.25, 0.3) is 0 Å². The number of aromatic nitrogens is 2. The number of anilines is 1. The van der Waals surface area contributed by atoms with Crippen LogP contribution in [0.5, 0.6) is 0 Å². The molecule has 1 fully saturated rings. The Labute approximate surface area is 149 Å². The number of rotatable bonds is 5. The van der Waals surface area contributed by atoms with Gasteiger partial charge in [-0.2, -0.15) is 5.10 Å². The summed E-state index contributed by atoms with van der Waals surface area (Å²) in [6.45, 7) is 2.06. The third-order valence-corrected chi connectivity index (χ3v) is 5.86. The molecule has 1 aliphatic rings. The molecule has 0 amide bonds. The van der Waals surface area contributed by atoms with E-state index in [1.54, 1.807) is 24.3 Å². The molecule has 3 rings (SSSR count). The van der Waals surface area contributed by atoms with Gasteiger partial charge in [0.1, 0.15) is 0 Å². The maximum Gasteiger partial charge on any atom is 0.238 e. The molecule has 0 aliphatic heterocycles. The van der Waals surface area contributed by atoms with E-state index in [1.807, 2.05) is 17.9 Å². The zero-order valence-electron chi connectivity index (χ0n) is 14.8. The first kappa shape index (κ1) is 17.9. The van der Waals surface area contributed by atoms with Crippen LogP contribution in [-0.2, 0) is 17.1 Å². The lowest BCUT2D eigenvalue weighted by atomic mass is 9.86. The molecule has 2 aromatic rings. The molecule has 1 aromatic heterocycles. The molecule has 25 heavy (non-hydrogen) atoms. The zero-order chi connectivity index (χ0) is 18.0. The smallest absolute Gasteiger partial charge is 0.238 e. The lowest BCUT2D eigenvalue weighted by Crippen LogP contribution is -2.13. The Bertz CT molecular complexity index is 821. The molecule has 1 unspecified atom stereocenters. The van der Waals surface area contributed by atoms with E-state index < -0.39 is 10.0 Å². The van der Waals surface area contributed by atoms with Gasteiger partial charge in [0, 0.05) is 25.2 Å². The molecule has 1 atom stereocenters. The minimum absolute atomic E-state index is 0.0427. The summed E-state index contributed by atoms with van der Waals surface area (Å²) in [6, 6.07) is 6.74.